The van der Waals surface area contributed by atoms with Crippen molar-refractivity contribution in [2.24, 2.45) is 0 Å². The van der Waals surface area contributed by atoms with E-state index in [1.165, 1.54) is 12.8 Å². The van der Waals surface area contributed by atoms with Gasteiger partial charge >= 0.3 is 0 Å². The Morgan fingerprint density at radius 1 is 1.54 bits per heavy atom. The average molecular weight is 197 g/mol. The fourth-order valence-electron chi connectivity index (χ4n) is 1.98. The molecule has 0 spiro atoms. The van der Waals surface area contributed by atoms with Crippen LogP contribution in [0.25, 0.3) is 0 Å². The van der Waals surface area contributed by atoms with Gasteiger partial charge in [0.05, 0.1) is 10.6 Å². The van der Waals surface area contributed by atoms with Crippen molar-refractivity contribution in [1.82, 2.24) is 4.98 Å². The lowest BCUT2D eigenvalue weighted by molar-refractivity contribution is 0.0481. The maximum absolute atomic E-state index is 10.1. The molecule has 1 heterocycles. The average Bonchev–Trinajstić information content (AvgIpc) is 2.62. The number of thiazole rings is 1. The van der Waals surface area contributed by atoms with Gasteiger partial charge in [-0.25, -0.2) is 4.98 Å². The standard InChI is InChI=1S/C10H15NOS/c1-8-7-13-9(11-8)6-10(12)4-2-3-5-10/h7,12H,2-6H2,1H3. The van der Waals surface area contributed by atoms with Crippen LogP contribution in [0.2, 0.25) is 0 Å². The number of nitrogens with zero attached hydrogens (tertiary/aromatic N) is 1. The molecule has 13 heavy (non-hydrogen) atoms. The van der Waals surface area contributed by atoms with Crippen molar-refractivity contribution in [3.05, 3.63) is 16.1 Å². The van der Waals surface area contributed by atoms with Crippen LogP contribution in [0.5, 0.6) is 0 Å². The number of aliphatic hydroxyl groups is 1. The van der Waals surface area contributed by atoms with Crippen LogP contribution >= 0.6 is 11.3 Å². The second kappa shape index (κ2) is 3.39. The van der Waals surface area contributed by atoms with Crippen LogP contribution in [0.15, 0.2) is 5.38 Å². The van der Waals surface area contributed by atoms with Crippen molar-refractivity contribution in [1.29, 1.82) is 0 Å². The molecule has 2 rings (SSSR count). The molecule has 1 aromatic rings. The molecule has 0 atom stereocenters. The third-order valence-electron chi connectivity index (χ3n) is 2.68. The topological polar surface area (TPSA) is 33.1 Å². The Hall–Kier alpha value is -0.410. The van der Waals surface area contributed by atoms with E-state index in [1.807, 2.05) is 12.3 Å². The number of hydrogen-bond donors (Lipinski definition) is 1. The Morgan fingerprint density at radius 3 is 2.77 bits per heavy atom. The number of hydrogen-bond acceptors (Lipinski definition) is 3. The zero-order valence-corrected chi connectivity index (χ0v) is 8.73. The Bertz CT molecular complexity index is 289. The summed E-state index contributed by atoms with van der Waals surface area (Å²) in [7, 11) is 0. The molecule has 1 N–H and O–H groups in total. The van der Waals surface area contributed by atoms with Crippen LogP contribution < -0.4 is 0 Å². The molecule has 3 heteroatoms. The van der Waals surface area contributed by atoms with E-state index < -0.39 is 5.60 Å². The summed E-state index contributed by atoms with van der Waals surface area (Å²) in [5.74, 6) is 0. The third-order valence-corrected chi connectivity index (χ3v) is 3.65. The minimum Gasteiger partial charge on any atom is -0.389 e. The first kappa shape index (κ1) is 9.16. The predicted octanol–water partition coefficient (Wildman–Crippen LogP) is 2.30. The van der Waals surface area contributed by atoms with Crippen molar-refractivity contribution in [3.63, 3.8) is 0 Å². The highest BCUT2D eigenvalue weighted by Crippen LogP contribution is 2.33. The van der Waals surface area contributed by atoms with E-state index >= 15 is 0 Å². The van der Waals surface area contributed by atoms with E-state index in [2.05, 4.69) is 4.98 Å². The summed E-state index contributed by atoms with van der Waals surface area (Å²) >= 11 is 1.66. The first-order chi connectivity index (χ1) is 6.18. The molecule has 0 aliphatic heterocycles. The molecule has 0 saturated heterocycles. The van der Waals surface area contributed by atoms with Gasteiger partial charge in [0.2, 0.25) is 0 Å². The molecule has 0 aromatic carbocycles. The molecule has 1 fully saturated rings. The summed E-state index contributed by atoms with van der Waals surface area (Å²) in [6.07, 6.45) is 4.99. The molecular formula is C10H15NOS. The highest BCUT2D eigenvalue weighted by atomic mass is 32.1. The van der Waals surface area contributed by atoms with Gasteiger partial charge in [-0.1, -0.05) is 12.8 Å². The van der Waals surface area contributed by atoms with Crippen molar-refractivity contribution in [2.45, 2.75) is 44.6 Å². The summed E-state index contributed by atoms with van der Waals surface area (Å²) in [5.41, 5.74) is 0.631. The third kappa shape index (κ3) is 2.09. The van der Waals surface area contributed by atoms with Crippen LogP contribution in [-0.4, -0.2) is 15.7 Å². The van der Waals surface area contributed by atoms with Gasteiger partial charge in [0, 0.05) is 17.5 Å². The van der Waals surface area contributed by atoms with Gasteiger partial charge in [-0.15, -0.1) is 11.3 Å². The Morgan fingerprint density at radius 2 is 2.23 bits per heavy atom. The predicted molar refractivity (Wildman–Crippen MR) is 54.0 cm³/mol. The summed E-state index contributed by atoms with van der Waals surface area (Å²) in [6, 6.07) is 0. The van der Waals surface area contributed by atoms with E-state index in [0.29, 0.717) is 0 Å². The second-order valence-electron chi connectivity index (χ2n) is 3.99. The Labute approximate surface area is 82.6 Å². The first-order valence-electron chi connectivity index (χ1n) is 4.81. The van der Waals surface area contributed by atoms with Crippen LogP contribution in [0.4, 0.5) is 0 Å². The van der Waals surface area contributed by atoms with E-state index in [1.54, 1.807) is 11.3 Å². The van der Waals surface area contributed by atoms with Gasteiger partial charge < -0.3 is 5.11 Å². The van der Waals surface area contributed by atoms with Crippen molar-refractivity contribution < 1.29 is 5.11 Å². The number of aryl methyl sites for hydroxylation is 1. The number of aromatic nitrogens is 1. The Kier molecular flexibility index (Phi) is 2.39. The SMILES string of the molecule is Cc1csc(CC2(O)CCCC2)n1. The molecule has 0 amide bonds. The fourth-order valence-corrected chi connectivity index (χ4v) is 2.88. The smallest absolute Gasteiger partial charge is 0.0956 e. The lowest BCUT2D eigenvalue weighted by Gasteiger charge is -2.19. The monoisotopic (exact) mass is 197 g/mol. The molecule has 0 radical (unpaired) electrons. The lowest BCUT2D eigenvalue weighted by atomic mass is 9.99. The van der Waals surface area contributed by atoms with Crippen molar-refractivity contribution >= 4 is 11.3 Å². The molecule has 1 aromatic heterocycles. The highest BCUT2D eigenvalue weighted by molar-refractivity contribution is 7.09. The zero-order chi connectivity index (χ0) is 9.31. The first-order valence-corrected chi connectivity index (χ1v) is 5.69. The highest BCUT2D eigenvalue weighted by Gasteiger charge is 2.31. The maximum atomic E-state index is 10.1. The van der Waals surface area contributed by atoms with Crippen molar-refractivity contribution in [3.8, 4) is 0 Å². The summed E-state index contributed by atoms with van der Waals surface area (Å²) < 4.78 is 0. The van der Waals surface area contributed by atoms with Crippen LogP contribution in [0, 0.1) is 6.92 Å². The van der Waals surface area contributed by atoms with Crippen molar-refractivity contribution in [2.75, 3.05) is 0 Å². The summed E-state index contributed by atoms with van der Waals surface area (Å²) in [4.78, 5) is 4.38. The minimum atomic E-state index is -0.440. The van der Waals surface area contributed by atoms with E-state index in [-0.39, 0.29) is 0 Å². The molecule has 0 unspecified atom stereocenters. The van der Waals surface area contributed by atoms with Gasteiger partial charge in [-0.2, -0.15) is 0 Å². The second-order valence-corrected chi connectivity index (χ2v) is 4.93. The van der Waals surface area contributed by atoms with Gasteiger partial charge in [0.25, 0.3) is 0 Å². The molecule has 72 valence electrons. The number of rotatable bonds is 2. The maximum Gasteiger partial charge on any atom is 0.0956 e. The molecule has 1 saturated carbocycles. The fraction of sp³-hybridized carbons (Fsp3) is 0.700. The molecule has 1 aliphatic carbocycles. The summed E-state index contributed by atoms with van der Waals surface area (Å²) in [5, 5.41) is 13.3. The van der Waals surface area contributed by atoms with Gasteiger partial charge in [-0.3, -0.25) is 0 Å². The quantitative estimate of drug-likeness (QED) is 0.789. The molecule has 1 aliphatic rings. The lowest BCUT2D eigenvalue weighted by Crippen LogP contribution is -2.26. The normalized spacial score (nSPS) is 20.8. The van der Waals surface area contributed by atoms with E-state index in [0.717, 1.165) is 30.0 Å². The van der Waals surface area contributed by atoms with Crippen LogP contribution in [0.1, 0.15) is 36.4 Å². The summed E-state index contributed by atoms with van der Waals surface area (Å²) in [6.45, 7) is 2.00. The van der Waals surface area contributed by atoms with Gasteiger partial charge in [-0.05, 0) is 19.8 Å². The minimum absolute atomic E-state index is 0.440. The molecular weight excluding hydrogens is 182 g/mol. The molecule has 0 bridgehead atoms. The van der Waals surface area contributed by atoms with E-state index in [4.69, 9.17) is 0 Å². The Balaban J connectivity index is 2.04. The van der Waals surface area contributed by atoms with Gasteiger partial charge in [0.15, 0.2) is 0 Å². The van der Waals surface area contributed by atoms with Crippen LogP contribution in [-0.2, 0) is 6.42 Å². The van der Waals surface area contributed by atoms with E-state index in [9.17, 15) is 5.11 Å². The van der Waals surface area contributed by atoms with Gasteiger partial charge in [0.1, 0.15) is 0 Å². The largest absolute Gasteiger partial charge is 0.389 e. The van der Waals surface area contributed by atoms with Crippen LogP contribution in [0.3, 0.4) is 0 Å². The zero-order valence-electron chi connectivity index (χ0n) is 7.92. The molecule has 2 nitrogen and oxygen atoms in total.